The summed E-state index contributed by atoms with van der Waals surface area (Å²) < 4.78 is 35.7. The third-order valence-electron chi connectivity index (χ3n) is 4.65. The Morgan fingerprint density at radius 1 is 0.853 bits per heavy atom. The lowest BCUT2D eigenvalue weighted by molar-refractivity contribution is -0.142. The monoisotopic (exact) mass is 481 g/mol. The normalized spacial score (nSPS) is 13.1. The van der Waals surface area contributed by atoms with E-state index in [2.05, 4.69) is 9.47 Å². The average Bonchev–Trinajstić information content (AvgIpc) is 2.87. The highest BCUT2D eigenvalue weighted by atomic mass is 16.5. The van der Waals surface area contributed by atoms with Crippen LogP contribution in [0, 0.1) is 0 Å². The number of esters is 4. The molecule has 1 aliphatic heterocycles. The number of nitrogens with zero attached hydrogens (tertiary/aromatic N) is 1. The Kier molecular flexibility index (Phi) is 10.1. The number of anilines is 1. The molecule has 34 heavy (non-hydrogen) atoms. The number of rotatable bonds is 11. The van der Waals surface area contributed by atoms with Crippen molar-refractivity contribution >= 4 is 29.6 Å². The van der Waals surface area contributed by atoms with Crippen LogP contribution < -0.4 is 14.4 Å². The van der Waals surface area contributed by atoms with Gasteiger partial charge in [0.15, 0.2) is 0 Å². The van der Waals surface area contributed by atoms with Crippen molar-refractivity contribution in [2.45, 2.75) is 12.8 Å². The molecule has 0 N–H and O–H groups in total. The van der Waals surface area contributed by atoms with E-state index in [4.69, 9.17) is 23.7 Å². The van der Waals surface area contributed by atoms with Crippen LogP contribution in [0.5, 0.6) is 11.5 Å². The smallest absolute Gasteiger partial charge is 0.355 e. The van der Waals surface area contributed by atoms with Crippen LogP contribution in [0.15, 0.2) is 29.5 Å². The second-order valence-electron chi connectivity index (χ2n) is 6.69. The van der Waals surface area contributed by atoms with Crippen molar-refractivity contribution in [1.82, 2.24) is 0 Å². The lowest BCUT2D eigenvalue weighted by Gasteiger charge is -2.32. The second-order valence-corrected chi connectivity index (χ2v) is 6.69. The van der Waals surface area contributed by atoms with Gasteiger partial charge in [-0.2, -0.15) is 0 Å². The topological polar surface area (TPSA) is 136 Å². The fourth-order valence-corrected chi connectivity index (χ4v) is 2.95. The molecule has 0 fully saturated rings. The van der Waals surface area contributed by atoms with Gasteiger partial charge in [-0.25, -0.2) is 9.59 Å². The summed E-state index contributed by atoms with van der Waals surface area (Å²) in [6.45, 7) is -0.262. The van der Waals surface area contributed by atoms with Gasteiger partial charge in [-0.05, 0) is 12.1 Å². The van der Waals surface area contributed by atoms with Crippen molar-refractivity contribution in [3.05, 3.63) is 29.5 Å². The first-order valence-electron chi connectivity index (χ1n) is 10.1. The van der Waals surface area contributed by atoms with Crippen molar-refractivity contribution in [3.8, 4) is 11.5 Å². The minimum atomic E-state index is -0.791. The third kappa shape index (κ3) is 6.85. The molecule has 0 radical (unpaired) electrons. The van der Waals surface area contributed by atoms with E-state index < -0.39 is 23.9 Å². The van der Waals surface area contributed by atoms with Gasteiger partial charge in [0.1, 0.15) is 23.9 Å². The molecule has 2 rings (SSSR count). The van der Waals surface area contributed by atoms with Crippen LogP contribution in [0.25, 0.3) is 0 Å². The van der Waals surface area contributed by atoms with Crippen molar-refractivity contribution in [3.63, 3.8) is 0 Å². The van der Waals surface area contributed by atoms with Crippen molar-refractivity contribution in [2.75, 3.05) is 59.9 Å². The molecule has 1 aromatic rings. The molecule has 186 valence electrons. The summed E-state index contributed by atoms with van der Waals surface area (Å²) in [7, 11) is 4.90. The highest BCUT2D eigenvalue weighted by molar-refractivity contribution is 6.03. The fraction of sp³-hybridized carbons (Fsp3) is 0.455. The summed E-state index contributed by atoms with van der Waals surface area (Å²) in [5.74, 6) is -1.85. The Morgan fingerprint density at radius 2 is 1.47 bits per heavy atom. The summed E-state index contributed by atoms with van der Waals surface area (Å²) in [5, 5.41) is 0. The van der Waals surface area contributed by atoms with Gasteiger partial charge in [-0.3, -0.25) is 9.59 Å². The standard InChI is InChI=1S/C22H27NO11/c1-28-18(24)7-9-33-14-5-6-17(34-10-8-19(25)29-2)16(11-14)23-13-32-12-15(21(26)30-3)20(23)22(27)31-4/h5-6,11H,7-10,12-13H2,1-4H3. The summed E-state index contributed by atoms with van der Waals surface area (Å²) in [6, 6.07) is 4.68. The van der Waals surface area contributed by atoms with Crippen LogP contribution >= 0.6 is 0 Å². The largest absolute Gasteiger partial charge is 0.493 e. The molecule has 1 aliphatic rings. The van der Waals surface area contributed by atoms with Gasteiger partial charge in [0.2, 0.25) is 0 Å². The molecule has 0 saturated carbocycles. The number of benzene rings is 1. The Hall–Kier alpha value is -3.80. The Labute approximate surface area is 196 Å². The average molecular weight is 481 g/mol. The van der Waals surface area contributed by atoms with E-state index in [1.807, 2.05) is 0 Å². The number of carbonyl (C=O) groups excluding carboxylic acids is 4. The molecule has 1 aromatic carbocycles. The minimum Gasteiger partial charge on any atom is -0.493 e. The molecule has 0 aliphatic carbocycles. The zero-order valence-electron chi connectivity index (χ0n) is 19.4. The Morgan fingerprint density at radius 3 is 2.06 bits per heavy atom. The maximum absolute atomic E-state index is 12.6. The van der Waals surface area contributed by atoms with Gasteiger partial charge in [0, 0.05) is 6.07 Å². The zero-order chi connectivity index (χ0) is 25.1. The van der Waals surface area contributed by atoms with E-state index in [1.54, 1.807) is 12.1 Å². The molecule has 0 atom stereocenters. The molecule has 12 heteroatoms. The van der Waals surface area contributed by atoms with Crippen LogP contribution in [0.1, 0.15) is 12.8 Å². The first kappa shape index (κ1) is 26.5. The minimum absolute atomic E-state index is 0.0158. The van der Waals surface area contributed by atoms with Crippen LogP contribution in [-0.2, 0) is 42.9 Å². The van der Waals surface area contributed by atoms with Gasteiger partial charge in [-0.15, -0.1) is 0 Å². The lowest BCUT2D eigenvalue weighted by atomic mass is 10.1. The Balaban J connectivity index is 2.46. The van der Waals surface area contributed by atoms with Crippen molar-refractivity contribution in [1.29, 1.82) is 0 Å². The van der Waals surface area contributed by atoms with Crippen LogP contribution in [0.4, 0.5) is 5.69 Å². The number of ether oxygens (including phenoxy) is 7. The predicted octanol–water partition coefficient (Wildman–Crippen LogP) is 0.965. The molecule has 1 heterocycles. The number of hydrogen-bond acceptors (Lipinski definition) is 12. The highest BCUT2D eigenvalue weighted by Gasteiger charge is 2.34. The van der Waals surface area contributed by atoms with Gasteiger partial charge in [0.05, 0.1) is 72.4 Å². The summed E-state index contributed by atoms with van der Waals surface area (Å²) >= 11 is 0. The molecule has 12 nitrogen and oxygen atoms in total. The number of methoxy groups -OCH3 is 4. The first-order chi connectivity index (χ1) is 16.4. The highest BCUT2D eigenvalue weighted by Crippen LogP contribution is 2.37. The van der Waals surface area contributed by atoms with Crippen LogP contribution in [-0.4, -0.2) is 78.9 Å². The Bertz CT molecular complexity index is 941. The summed E-state index contributed by atoms with van der Waals surface area (Å²) in [4.78, 5) is 49.1. The van der Waals surface area contributed by atoms with Crippen molar-refractivity contribution < 1.29 is 52.3 Å². The third-order valence-corrected chi connectivity index (χ3v) is 4.65. The molecule has 0 unspecified atom stereocenters. The molecule has 0 aromatic heterocycles. The maximum atomic E-state index is 12.6. The molecule has 0 bridgehead atoms. The number of carbonyl (C=O) groups is 4. The maximum Gasteiger partial charge on any atom is 0.355 e. The van der Waals surface area contributed by atoms with Gasteiger partial charge < -0.3 is 38.1 Å². The van der Waals surface area contributed by atoms with E-state index in [0.29, 0.717) is 11.4 Å². The molecule has 0 spiro atoms. The lowest BCUT2D eigenvalue weighted by Crippen LogP contribution is -2.39. The molecule has 0 amide bonds. The SMILES string of the molecule is COC(=O)CCOc1ccc(OCCC(=O)OC)c(N2COCC(C(=O)OC)=C2C(=O)OC)c1. The van der Waals surface area contributed by atoms with Gasteiger partial charge in [-0.1, -0.05) is 0 Å². The second kappa shape index (κ2) is 13.0. The van der Waals surface area contributed by atoms with E-state index in [0.717, 1.165) is 0 Å². The van der Waals surface area contributed by atoms with Crippen molar-refractivity contribution in [2.24, 2.45) is 0 Å². The van der Waals surface area contributed by atoms with E-state index in [1.165, 1.54) is 39.4 Å². The van der Waals surface area contributed by atoms with E-state index in [-0.39, 0.29) is 56.4 Å². The fourth-order valence-electron chi connectivity index (χ4n) is 2.95. The summed E-state index contributed by atoms with van der Waals surface area (Å²) in [6.07, 6.45) is 0.00672. The van der Waals surface area contributed by atoms with E-state index in [9.17, 15) is 19.2 Å². The first-order valence-corrected chi connectivity index (χ1v) is 10.1. The van der Waals surface area contributed by atoms with E-state index >= 15 is 0 Å². The molecular formula is C22H27NO11. The molecular weight excluding hydrogens is 454 g/mol. The van der Waals surface area contributed by atoms with Gasteiger partial charge >= 0.3 is 23.9 Å². The zero-order valence-corrected chi connectivity index (χ0v) is 19.4. The van der Waals surface area contributed by atoms with Gasteiger partial charge in [0.25, 0.3) is 0 Å². The predicted molar refractivity (Wildman–Crippen MR) is 115 cm³/mol. The molecule has 0 saturated heterocycles. The summed E-state index contributed by atoms with van der Waals surface area (Å²) in [5.41, 5.74) is 0.158. The van der Waals surface area contributed by atoms with Crippen LogP contribution in [0.3, 0.4) is 0 Å². The van der Waals surface area contributed by atoms with Crippen LogP contribution in [0.2, 0.25) is 0 Å². The quantitative estimate of drug-likeness (QED) is 0.329. The number of hydrogen-bond donors (Lipinski definition) is 0.